The van der Waals surface area contributed by atoms with Crippen molar-refractivity contribution in [3.63, 3.8) is 0 Å². The van der Waals surface area contributed by atoms with Crippen LogP contribution in [0, 0.1) is 11.3 Å². The van der Waals surface area contributed by atoms with Gasteiger partial charge in [0.05, 0.1) is 17.1 Å². The van der Waals surface area contributed by atoms with Crippen molar-refractivity contribution in [2.45, 2.75) is 19.0 Å². The molecule has 0 unspecified atom stereocenters. The summed E-state index contributed by atoms with van der Waals surface area (Å²) in [6.45, 7) is 4.46. The lowest BCUT2D eigenvalue weighted by molar-refractivity contribution is -0.121. The number of carbonyl (C=O) groups is 1. The molecule has 0 saturated carbocycles. The van der Waals surface area contributed by atoms with Crippen molar-refractivity contribution >= 4 is 22.8 Å². The number of anilines is 1. The molecule has 1 amide bonds. The van der Waals surface area contributed by atoms with Crippen LogP contribution in [-0.2, 0) is 17.9 Å². The molecule has 9 heteroatoms. The lowest BCUT2D eigenvalue weighted by atomic mass is 10.0. The fourth-order valence-corrected chi connectivity index (χ4v) is 4.98. The van der Waals surface area contributed by atoms with Crippen molar-refractivity contribution in [3.8, 4) is 17.6 Å². The number of nitrogens with zero attached hydrogens (tertiary/aromatic N) is 5. The number of hydrogen-bond donors (Lipinski definition) is 1. The van der Waals surface area contributed by atoms with E-state index in [1.54, 1.807) is 0 Å². The highest BCUT2D eigenvalue weighted by molar-refractivity contribution is 5.88. The monoisotopic (exact) mass is 520 g/mol. The molecule has 196 valence electrons. The first-order valence-electron chi connectivity index (χ1n) is 13.0. The van der Waals surface area contributed by atoms with Crippen LogP contribution in [0.3, 0.4) is 0 Å². The average molecular weight is 521 g/mol. The van der Waals surface area contributed by atoms with Gasteiger partial charge >= 0.3 is 0 Å². The Kier molecular flexibility index (Phi) is 6.93. The third kappa shape index (κ3) is 5.33. The Bertz CT molecular complexity index is 1530. The van der Waals surface area contributed by atoms with Crippen molar-refractivity contribution in [1.29, 1.82) is 5.26 Å². The van der Waals surface area contributed by atoms with Gasteiger partial charge in [0.25, 0.3) is 0 Å². The summed E-state index contributed by atoms with van der Waals surface area (Å²) >= 11 is 0. The van der Waals surface area contributed by atoms with E-state index in [2.05, 4.69) is 45.5 Å². The van der Waals surface area contributed by atoms with Crippen LogP contribution in [0.2, 0.25) is 0 Å². The lowest BCUT2D eigenvalue weighted by Crippen LogP contribution is -2.47. The Morgan fingerprint density at radius 2 is 1.62 bits per heavy atom. The second-order valence-electron chi connectivity index (χ2n) is 9.64. The van der Waals surface area contributed by atoms with Gasteiger partial charge in [-0.1, -0.05) is 48.5 Å². The maximum Gasteiger partial charge on any atom is 0.243 e. The van der Waals surface area contributed by atoms with Crippen LogP contribution in [0.15, 0.2) is 72.8 Å². The van der Waals surface area contributed by atoms with E-state index in [0.717, 1.165) is 43.8 Å². The molecule has 6 rings (SSSR count). The number of amides is 1. The Morgan fingerprint density at radius 1 is 0.897 bits per heavy atom. The molecule has 39 heavy (non-hydrogen) atoms. The van der Waals surface area contributed by atoms with Crippen LogP contribution < -0.4 is 19.7 Å². The molecule has 2 aliphatic rings. The number of piperazine rings is 1. The van der Waals surface area contributed by atoms with E-state index >= 15 is 0 Å². The number of carbonyl (C=O) groups excluding carboxylic acids is 1. The van der Waals surface area contributed by atoms with Crippen molar-refractivity contribution in [2.75, 3.05) is 37.9 Å². The topological polar surface area (TPSA) is 104 Å². The lowest BCUT2D eigenvalue weighted by Gasteiger charge is -2.36. The van der Waals surface area contributed by atoms with Crippen LogP contribution in [0.1, 0.15) is 22.7 Å². The van der Waals surface area contributed by atoms with Gasteiger partial charge in [0.15, 0.2) is 23.2 Å². The molecule has 1 fully saturated rings. The highest BCUT2D eigenvalue weighted by Crippen LogP contribution is 2.33. The van der Waals surface area contributed by atoms with Gasteiger partial charge in [0.2, 0.25) is 12.7 Å². The van der Waals surface area contributed by atoms with Crippen molar-refractivity contribution in [1.82, 2.24) is 20.2 Å². The smallest absolute Gasteiger partial charge is 0.243 e. The van der Waals surface area contributed by atoms with E-state index in [9.17, 15) is 10.1 Å². The normalized spacial score (nSPS) is 15.6. The minimum absolute atomic E-state index is 0.186. The molecule has 0 spiro atoms. The number of hydrogen-bond acceptors (Lipinski definition) is 8. The molecule has 3 heterocycles. The number of para-hydroxylation sites is 2. The Labute approximate surface area is 226 Å². The number of benzene rings is 3. The Balaban J connectivity index is 1.21. The first kappa shape index (κ1) is 24.6. The van der Waals surface area contributed by atoms with Gasteiger partial charge in [-0.3, -0.25) is 9.69 Å². The molecular formula is C30H28N6O3. The minimum atomic E-state index is -1.10. The number of rotatable bonds is 7. The number of fused-ring (bicyclic) bond motifs is 2. The summed E-state index contributed by atoms with van der Waals surface area (Å²) in [6, 6.07) is 25.7. The highest BCUT2D eigenvalue weighted by Gasteiger charge is 2.30. The number of ether oxygens (including phenoxy) is 2. The van der Waals surface area contributed by atoms with E-state index in [1.807, 2.05) is 48.5 Å². The Morgan fingerprint density at radius 3 is 2.38 bits per heavy atom. The van der Waals surface area contributed by atoms with Crippen LogP contribution >= 0.6 is 0 Å². The number of aromatic nitrogens is 2. The summed E-state index contributed by atoms with van der Waals surface area (Å²) in [4.78, 5) is 27.6. The summed E-state index contributed by atoms with van der Waals surface area (Å²) in [7, 11) is 0. The van der Waals surface area contributed by atoms with E-state index in [1.165, 1.54) is 5.56 Å². The van der Waals surface area contributed by atoms with Gasteiger partial charge in [-0.05, 0) is 35.4 Å². The zero-order chi connectivity index (χ0) is 26.6. The summed E-state index contributed by atoms with van der Waals surface area (Å²) in [5.74, 6) is 0.405. The molecule has 2 aliphatic heterocycles. The van der Waals surface area contributed by atoms with Crippen LogP contribution in [0.5, 0.6) is 11.5 Å². The average Bonchev–Trinajstić information content (AvgIpc) is 3.45. The first-order chi connectivity index (χ1) is 19.2. The predicted molar refractivity (Wildman–Crippen MR) is 146 cm³/mol. The van der Waals surface area contributed by atoms with Gasteiger partial charge in [-0.15, -0.1) is 0 Å². The molecule has 0 radical (unpaired) electrons. The molecular weight excluding hydrogens is 492 g/mol. The van der Waals surface area contributed by atoms with Gasteiger partial charge in [-0.25, -0.2) is 9.97 Å². The molecule has 0 aliphatic carbocycles. The van der Waals surface area contributed by atoms with Crippen LogP contribution in [0.25, 0.3) is 11.0 Å². The zero-order valence-electron chi connectivity index (χ0n) is 21.4. The van der Waals surface area contributed by atoms with Crippen molar-refractivity contribution in [3.05, 3.63) is 89.6 Å². The summed E-state index contributed by atoms with van der Waals surface area (Å²) in [5, 5.41) is 13.0. The van der Waals surface area contributed by atoms with Gasteiger partial charge in [0, 0.05) is 39.3 Å². The largest absolute Gasteiger partial charge is 0.454 e. The molecule has 1 N–H and O–H groups in total. The van der Waals surface area contributed by atoms with Gasteiger partial charge in [0.1, 0.15) is 5.69 Å². The Hall–Kier alpha value is -4.68. The maximum atomic E-state index is 13.3. The fraction of sp³-hybridized carbons (Fsp3) is 0.267. The quantitative estimate of drug-likeness (QED) is 0.394. The second-order valence-corrected chi connectivity index (χ2v) is 9.64. The van der Waals surface area contributed by atoms with Crippen molar-refractivity contribution < 1.29 is 14.3 Å². The molecule has 0 bridgehead atoms. The minimum Gasteiger partial charge on any atom is -0.454 e. The molecule has 1 aromatic heterocycles. The first-order valence-corrected chi connectivity index (χ1v) is 13.0. The molecule has 1 saturated heterocycles. The summed E-state index contributed by atoms with van der Waals surface area (Å²) in [6.07, 6.45) is 0. The van der Waals surface area contributed by atoms with E-state index in [-0.39, 0.29) is 13.3 Å². The molecule has 3 aromatic carbocycles. The van der Waals surface area contributed by atoms with Crippen LogP contribution in [-0.4, -0.2) is 53.7 Å². The molecule has 4 aromatic rings. The highest BCUT2D eigenvalue weighted by atomic mass is 16.7. The van der Waals surface area contributed by atoms with E-state index < -0.39 is 11.8 Å². The zero-order valence-corrected chi connectivity index (χ0v) is 21.4. The molecule has 9 nitrogen and oxygen atoms in total. The third-order valence-electron chi connectivity index (χ3n) is 7.07. The maximum absolute atomic E-state index is 13.3. The SMILES string of the molecule is N#C[C@H](C(=O)NCc1ccc2c(c1)OCO2)c1nc2ccccc2nc1N1CCN(Cc2ccccc2)CC1. The van der Waals surface area contributed by atoms with Crippen LogP contribution in [0.4, 0.5) is 5.82 Å². The fourth-order valence-electron chi connectivity index (χ4n) is 4.98. The number of nitrogens with one attached hydrogen (secondary N) is 1. The summed E-state index contributed by atoms with van der Waals surface area (Å²) < 4.78 is 10.8. The van der Waals surface area contributed by atoms with E-state index in [4.69, 9.17) is 19.4 Å². The van der Waals surface area contributed by atoms with Gasteiger partial charge < -0.3 is 19.7 Å². The van der Waals surface area contributed by atoms with Gasteiger partial charge in [-0.2, -0.15) is 5.26 Å². The number of nitriles is 1. The summed E-state index contributed by atoms with van der Waals surface area (Å²) in [5.41, 5.74) is 3.91. The van der Waals surface area contributed by atoms with E-state index in [0.29, 0.717) is 28.5 Å². The predicted octanol–water partition coefficient (Wildman–Crippen LogP) is 3.60. The standard InChI is InChI=1S/C30H28N6O3/c31-17-23(30(37)32-18-22-10-11-26-27(16-22)39-20-38-26)28-29(34-25-9-5-4-8-24(25)33-28)36-14-12-35(13-15-36)19-21-6-2-1-3-7-21/h1-11,16,23H,12-15,18-20H2,(H,32,37)/t23-/m0/s1. The molecule has 1 atom stereocenters. The third-order valence-corrected chi connectivity index (χ3v) is 7.07. The second kappa shape index (κ2) is 11.0. The van der Waals surface area contributed by atoms with Crippen molar-refractivity contribution in [2.24, 2.45) is 0 Å².